The van der Waals surface area contributed by atoms with Gasteiger partial charge in [0.05, 0.1) is 0 Å². The van der Waals surface area contributed by atoms with Gasteiger partial charge < -0.3 is 9.84 Å². The van der Waals surface area contributed by atoms with Crippen molar-refractivity contribution < 1.29 is 13.7 Å². The average Bonchev–Trinajstić information content (AvgIpc) is 3.08. The maximum atomic E-state index is 13.4. The van der Waals surface area contributed by atoms with Crippen molar-refractivity contribution >= 4 is 21.8 Å². The van der Waals surface area contributed by atoms with Gasteiger partial charge >= 0.3 is 0 Å². The molecular formula is C19H16BrFN2O2. The van der Waals surface area contributed by atoms with Crippen molar-refractivity contribution in [3.05, 3.63) is 76.2 Å². The van der Waals surface area contributed by atoms with E-state index in [4.69, 9.17) is 4.52 Å². The van der Waals surface area contributed by atoms with Crippen LogP contribution in [0.25, 0.3) is 11.3 Å². The number of nitrogens with zero attached hydrogens (tertiary/aromatic N) is 1. The number of nitrogens with one attached hydrogen (secondary N) is 1. The fraction of sp³-hybridized carbons (Fsp3) is 0.158. The van der Waals surface area contributed by atoms with Crippen molar-refractivity contribution in [2.45, 2.75) is 19.4 Å². The lowest BCUT2D eigenvalue weighted by molar-refractivity contribution is -0.121. The lowest BCUT2D eigenvalue weighted by Crippen LogP contribution is -2.23. The summed E-state index contributed by atoms with van der Waals surface area (Å²) in [5.41, 5.74) is 3.00. The van der Waals surface area contributed by atoms with E-state index in [1.165, 1.54) is 18.4 Å². The summed E-state index contributed by atoms with van der Waals surface area (Å²) in [7, 11) is 0. The molecule has 1 aromatic heterocycles. The van der Waals surface area contributed by atoms with E-state index >= 15 is 0 Å². The first-order valence-electron chi connectivity index (χ1n) is 7.83. The van der Waals surface area contributed by atoms with E-state index in [0.717, 1.165) is 15.6 Å². The van der Waals surface area contributed by atoms with Gasteiger partial charge in [-0.2, -0.15) is 0 Å². The normalized spacial score (nSPS) is 10.6. The maximum Gasteiger partial charge on any atom is 0.220 e. The Morgan fingerprint density at radius 2 is 2.00 bits per heavy atom. The van der Waals surface area contributed by atoms with E-state index in [1.54, 1.807) is 12.1 Å². The Kier molecular flexibility index (Phi) is 5.60. The van der Waals surface area contributed by atoms with Gasteiger partial charge in [0.15, 0.2) is 0 Å². The number of halogens is 2. The number of benzene rings is 2. The SMILES string of the molecule is O=C(CCc1conc1-c1cccc(F)c1)NCc1ccccc1Br. The average molecular weight is 403 g/mol. The van der Waals surface area contributed by atoms with Crippen LogP contribution < -0.4 is 5.32 Å². The van der Waals surface area contributed by atoms with Crippen LogP contribution in [0.2, 0.25) is 0 Å². The molecule has 0 aliphatic carbocycles. The zero-order valence-corrected chi connectivity index (χ0v) is 14.9. The summed E-state index contributed by atoms with van der Waals surface area (Å²) in [6.07, 6.45) is 2.27. The molecule has 0 unspecified atom stereocenters. The van der Waals surface area contributed by atoms with Crippen LogP contribution in [0.5, 0.6) is 0 Å². The van der Waals surface area contributed by atoms with Crippen LogP contribution in [0, 0.1) is 5.82 Å². The first-order valence-corrected chi connectivity index (χ1v) is 8.62. The molecule has 3 rings (SSSR count). The highest BCUT2D eigenvalue weighted by Gasteiger charge is 2.13. The van der Waals surface area contributed by atoms with Gasteiger partial charge in [-0.05, 0) is 30.2 Å². The largest absolute Gasteiger partial charge is 0.364 e. The highest BCUT2D eigenvalue weighted by Crippen LogP contribution is 2.24. The monoisotopic (exact) mass is 402 g/mol. The smallest absolute Gasteiger partial charge is 0.220 e. The highest BCUT2D eigenvalue weighted by molar-refractivity contribution is 9.10. The lowest BCUT2D eigenvalue weighted by atomic mass is 10.0. The molecule has 2 aromatic carbocycles. The lowest BCUT2D eigenvalue weighted by Gasteiger charge is -2.07. The summed E-state index contributed by atoms with van der Waals surface area (Å²) in [6.45, 7) is 0.459. The maximum absolute atomic E-state index is 13.4. The molecule has 1 amide bonds. The second kappa shape index (κ2) is 8.07. The van der Waals surface area contributed by atoms with Gasteiger partial charge in [0.25, 0.3) is 0 Å². The van der Waals surface area contributed by atoms with Crippen LogP contribution in [-0.4, -0.2) is 11.1 Å². The molecule has 0 bridgehead atoms. The van der Waals surface area contributed by atoms with E-state index in [1.807, 2.05) is 24.3 Å². The quantitative estimate of drug-likeness (QED) is 0.660. The molecule has 0 saturated heterocycles. The fourth-order valence-electron chi connectivity index (χ4n) is 2.48. The first kappa shape index (κ1) is 17.4. The van der Waals surface area contributed by atoms with E-state index in [0.29, 0.717) is 30.6 Å². The zero-order chi connectivity index (χ0) is 17.6. The first-order chi connectivity index (χ1) is 12.1. The summed E-state index contributed by atoms with van der Waals surface area (Å²) in [4.78, 5) is 12.1. The molecule has 0 fully saturated rings. The summed E-state index contributed by atoms with van der Waals surface area (Å²) in [5.74, 6) is -0.403. The van der Waals surface area contributed by atoms with E-state index < -0.39 is 0 Å². The van der Waals surface area contributed by atoms with Crippen LogP contribution in [0.1, 0.15) is 17.5 Å². The van der Waals surface area contributed by atoms with Crippen molar-refractivity contribution in [1.29, 1.82) is 0 Å². The molecular weight excluding hydrogens is 387 g/mol. The number of carbonyl (C=O) groups excluding carboxylic acids is 1. The van der Waals surface area contributed by atoms with Crippen LogP contribution >= 0.6 is 15.9 Å². The van der Waals surface area contributed by atoms with Gasteiger partial charge in [-0.3, -0.25) is 4.79 Å². The van der Waals surface area contributed by atoms with Crippen LogP contribution in [0.15, 0.2) is 63.8 Å². The number of amides is 1. The number of hydrogen-bond acceptors (Lipinski definition) is 3. The minimum atomic E-state index is -0.336. The van der Waals surface area contributed by atoms with Crippen molar-refractivity contribution in [2.24, 2.45) is 0 Å². The third-order valence-corrected chi connectivity index (χ3v) is 4.57. The Balaban J connectivity index is 1.58. The third kappa shape index (κ3) is 4.54. The summed E-state index contributed by atoms with van der Waals surface area (Å²) >= 11 is 3.46. The molecule has 128 valence electrons. The number of aryl methyl sites for hydroxylation is 1. The Morgan fingerprint density at radius 1 is 1.16 bits per heavy atom. The van der Waals surface area contributed by atoms with Gasteiger partial charge in [0, 0.05) is 28.6 Å². The molecule has 1 N–H and O–H groups in total. The van der Waals surface area contributed by atoms with E-state index in [-0.39, 0.29) is 11.7 Å². The zero-order valence-electron chi connectivity index (χ0n) is 13.3. The molecule has 0 aliphatic heterocycles. The number of rotatable bonds is 6. The van der Waals surface area contributed by atoms with Gasteiger partial charge in [-0.15, -0.1) is 0 Å². The van der Waals surface area contributed by atoms with Gasteiger partial charge in [-0.1, -0.05) is 51.4 Å². The number of aromatic nitrogens is 1. The Morgan fingerprint density at radius 3 is 2.80 bits per heavy atom. The molecule has 0 saturated carbocycles. The minimum absolute atomic E-state index is 0.0675. The van der Waals surface area contributed by atoms with Gasteiger partial charge in [0.1, 0.15) is 17.8 Å². The van der Waals surface area contributed by atoms with E-state index in [9.17, 15) is 9.18 Å². The molecule has 3 aromatic rings. The predicted molar refractivity (Wildman–Crippen MR) is 96.2 cm³/mol. The number of carbonyl (C=O) groups is 1. The van der Waals surface area contributed by atoms with Crippen molar-refractivity contribution in [1.82, 2.24) is 10.5 Å². The van der Waals surface area contributed by atoms with Gasteiger partial charge in [-0.25, -0.2) is 4.39 Å². The summed E-state index contributed by atoms with van der Waals surface area (Å²) < 4.78 is 19.3. The number of hydrogen-bond donors (Lipinski definition) is 1. The molecule has 25 heavy (non-hydrogen) atoms. The molecule has 4 nitrogen and oxygen atoms in total. The van der Waals surface area contributed by atoms with Crippen LogP contribution in [-0.2, 0) is 17.8 Å². The minimum Gasteiger partial charge on any atom is -0.364 e. The van der Waals surface area contributed by atoms with Crippen molar-refractivity contribution in [3.8, 4) is 11.3 Å². The predicted octanol–water partition coefficient (Wildman–Crippen LogP) is 4.49. The second-order valence-electron chi connectivity index (χ2n) is 5.57. The molecule has 0 atom stereocenters. The van der Waals surface area contributed by atoms with Crippen molar-refractivity contribution in [2.75, 3.05) is 0 Å². The molecule has 0 radical (unpaired) electrons. The Labute approximate surface area is 153 Å². The molecule has 0 spiro atoms. The third-order valence-electron chi connectivity index (χ3n) is 3.80. The summed E-state index contributed by atoms with van der Waals surface area (Å²) in [5, 5.41) is 6.82. The van der Waals surface area contributed by atoms with Crippen LogP contribution in [0.3, 0.4) is 0 Å². The van der Waals surface area contributed by atoms with E-state index in [2.05, 4.69) is 26.4 Å². The molecule has 1 heterocycles. The molecule has 0 aliphatic rings. The standard InChI is InChI=1S/C19H16BrFN2O2/c20-17-7-2-1-4-14(17)11-22-18(24)9-8-15-12-25-23-19(15)13-5-3-6-16(21)10-13/h1-7,10,12H,8-9,11H2,(H,22,24). The fourth-order valence-corrected chi connectivity index (χ4v) is 2.91. The van der Waals surface area contributed by atoms with Crippen molar-refractivity contribution in [3.63, 3.8) is 0 Å². The summed E-state index contributed by atoms with van der Waals surface area (Å²) in [6, 6.07) is 13.9. The molecule has 6 heteroatoms. The van der Waals surface area contributed by atoms with Gasteiger partial charge in [0.2, 0.25) is 5.91 Å². The Hall–Kier alpha value is -2.47. The highest BCUT2D eigenvalue weighted by atomic mass is 79.9. The second-order valence-corrected chi connectivity index (χ2v) is 6.42. The van der Waals surface area contributed by atoms with Crippen LogP contribution in [0.4, 0.5) is 4.39 Å². The Bertz CT molecular complexity index is 879. The topological polar surface area (TPSA) is 55.1 Å².